The van der Waals surface area contributed by atoms with Crippen LogP contribution in [0.5, 0.6) is 17.2 Å². The maximum absolute atomic E-state index is 12.2. The minimum absolute atomic E-state index is 0.539. The molecule has 1 unspecified atom stereocenters. The van der Waals surface area contributed by atoms with E-state index in [-0.39, 0.29) is 0 Å². The molecule has 2 aromatic carbocycles. The Kier molecular flexibility index (Phi) is 7.45. The standard InChI is InChI=1S/C21H23NO6/c1-4-28-16-7-5-14(6-8-16)21(22-19(23)9-10-20(24)25)15-11-17(26-2)13-18(12-15)27-3/h5-13,21H,4H2,1-3H3,(H,22,23)(H,24,25)/b10-9+. The number of carboxylic acids is 1. The summed E-state index contributed by atoms with van der Waals surface area (Å²) >= 11 is 0. The van der Waals surface area contributed by atoms with Crippen LogP contribution in [-0.4, -0.2) is 37.8 Å². The van der Waals surface area contributed by atoms with Crippen LogP contribution in [0, 0.1) is 0 Å². The summed E-state index contributed by atoms with van der Waals surface area (Å²) in [5.74, 6) is 0.116. The molecule has 1 atom stereocenters. The van der Waals surface area contributed by atoms with E-state index in [2.05, 4.69) is 5.32 Å². The second-order valence-electron chi connectivity index (χ2n) is 5.76. The number of carbonyl (C=O) groups excluding carboxylic acids is 1. The summed E-state index contributed by atoms with van der Waals surface area (Å²) in [7, 11) is 3.08. The van der Waals surface area contributed by atoms with Gasteiger partial charge in [0.1, 0.15) is 17.2 Å². The van der Waals surface area contributed by atoms with Crippen molar-refractivity contribution in [3.63, 3.8) is 0 Å². The number of rotatable bonds is 9. The minimum atomic E-state index is -1.20. The van der Waals surface area contributed by atoms with Crippen molar-refractivity contribution in [1.29, 1.82) is 0 Å². The van der Waals surface area contributed by atoms with Gasteiger partial charge in [0.05, 0.1) is 26.9 Å². The lowest BCUT2D eigenvalue weighted by atomic mass is 9.97. The normalized spacial score (nSPS) is 11.7. The summed E-state index contributed by atoms with van der Waals surface area (Å²) in [4.78, 5) is 22.9. The number of aliphatic carboxylic acids is 1. The fraction of sp³-hybridized carbons (Fsp3) is 0.238. The smallest absolute Gasteiger partial charge is 0.328 e. The highest BCUT2D eigenvalue weighted by molar-refractivity contribution is 5.94. The van der Waals surface area contributed by atoms with Crippen LogP contribution >= 0.6 is 0 Å². The Hall–Kier alpha value is -3.48. The highest BCUT2D eigenvalue weighted by Gasteiger charge is 2.18. The summed E-state index contributed by atoms with van der Waals surface area (Å²) in [5, 5.41) is 11.6. The number of hydrogen-bond donors (Lipinski definition) is 2. The number of nitrogens with one attached hydrogen (secondary N) is 1. The Morgan fingerprint density at radius 1 is 0.964 bits per heavy atom. The molecule has 0 saturated carbocycles. The molecule has 0 bridgehead atoms. The molecule has 0 aliphatic heterocycles. The molecular formula is C21H23NO6. The van der Waals surface area contributed by atoms with Gasteiger partial charge in [0, 0.05) is 18.2 Å². The summed E-state index contributed by atoms with van der Waals surface area (Å²) in [6, 6.07) is 12.0. The van der Waals surface area contributed by atoms with Gasteiger partial charge in [-0.2, -0.15) is 0 Å². The number of benzene rings is 2. The van der Waals surface area contributed by atoms with E-state index in [1.807, 2.05) is 31.2 Å². The van der Waals surface area contributed by atoms with Gasteiger partial charge in [-0.05, 0) is 42.3 Å². The number of carbonyl (C=O) groups is 2. The minimum Gasteiger partial charge on any atom is -0.497 e. The summed E-state index contributed by atoms with van der Waals surface area (Å²) < 4.78 is 16.1. The van der Waals surface area contributed by atoms with E-state index in [4.69, 9.17) is 19.3 Å². The molecule has 0 radical (unpaired) electrons. The van der Waals surface area contributed by atoms with E-state index in [0.29, 0.717) is 23.9 Å². The molecule has 0 spiro atoms. The predicted octanol–water partition coefficient (Wildman–Crippen LogP) is 2.95. The van der Waals surface area contributed by atoms with E-state index in [1.165, 1.54) is 0 Å². The Morgan fingerprint density at radius 2 is 1.57 bits per heavy atom. The first-order chi connectivity index (χ1) is 13.5. The zero-order valence-electron chi connectivity index (χ0n) is 16.0. The molecule has 1 amide bonds. The van der Waals surface area contributed by atoms with Gasteiger partial charge in [-0.1, -0.05) is 12.1 Å². The third-order valence-electron chi connectivity index (χ3n) is 3.90. The second-order valence-corrected chi connectivity index (χ2v) is 5.76. The number of hydrogen-bond acceptors (Lipinski definition) is 5. The Labute approximate surface area is 163 Å². The van der Waals surface area contributed by atoms with E-state index in [1.54, 1.807) is 32.4 Å². The van der Waals surface area contributed by atoms with E-state index in [0.717, 1.165) is 23.3 Å². The van der Waals surface area contributed by atoms with Gasteiger partial charge in [0.25, 0.3) is 0 Å². The van der Waals surface area contributed by atoms with Crippen molar-refractivity contribution < 1.29 is 28.9 Å². The van der Waals surface area contributed by atoms with Crippen LogP contribution in [0.2, 0.25) is 0 Å². The fourth-order valence-electron chi connectivity index (χ4n) is 2.62. The van der Waals surface area contributed by atoms with Crippen molar-refractivity contribution in [1.82, 2.24) is 5.32 Å². The van der Waals surface area contributed by atoms with Crippen LogP contribution in [0.25, 0.3) is 0 Å². The monoisotopic (exact) mass is 385 g/mol. The maximum atomic E-state index is 12.2. The van der Waals surface area contributed by atoms with E-state index in [9.17, 15) is 9.59 Å². The van der Waals surface area contributed by atoms with Crippen LogP contribution in [-0.2, 0) is 9.59 Å². The highest BCUT2D eigenvalue weighted by Crippen LogP contribution is 2.31. The van der Waals surface area contributed by atoms with Gasteiger partial charge >= 0.3 is 5.97 Å². The summed E-state index contributed by atoms with van der Waals surface area (Å²) in [6.45, 7) is 2.45. The van der Waals surface area contributed by atoms with Crippen LogP contribution in [0.4, 0.5) is 0 Å². The topological polar surface area (TPSA) is 94.1 Å². The first kappa shape index (κ1) is 20.8. The van der Waals surface area contributed by atoms with Crippen molar-refractivity contribution in [2.45, 2.75) is 13.0 Å². The van der Waals surface area contributed by atoms with Gasteiger partial charge in [-0.3, -0.25) is 4.79 Å². The summed E-state index contributed by atoms with van der Waals surface area (Å²) in [6.07, 6.45) is 1.76. The molecule has 0 saturated heterocycles. The van der Waals surface area contributed by atoms with Gasteiger partial charge in [-0.25, -0.2) is 4.79 Å². The molecule has 28 heavy (non-hydrogen) atoms. The lowest BCUT2D eigenvalue weighted by molar-refractivity contribution is -0.131. The van der Waals surface area contributed by atoms with Gasteiger partial charge < -0.3 is 24.6 Å². The number of ether oxygens (including phenoxy) is 3. The summed E-state index contributed by atoms with van der Waals surface area (Å²) in [5.41, 5.74) is 1.51. The first-order valence-electron chi connectivity index (χ1n) is 8.64. The predicted molar refractivity (Wildman–Crippen MR) is 104 cm³/mol. The van der Waals surface area contributed by atoms with Crippen molar-refractivity contribution >= 4 is 11.9 Å². The van der Waals surface area contributed by atoms with Crippen LogP contribution in [0.3, 0.4) is 0 Å². The molecular weight excluding hydrogens is 362 g/mol. The Morgan fingerprint density at radius 3 is 2.07 bits per heavy atom. The van der Waals surface area contributed by atoms with Gasteiger partial charge in [0.2, 0.25) is 5.91 Å². The third-order valence-corrected chi connectivity index (χ3v) is 3.90. The maximum Gasteiger partial charge on any atom is 0.328 e. The van der Waals surface area contributed by atoms with Crippen molar-refractivity contribution in [3.8, 4) is 17.2 Å². The zero-order chi connectivity index (χ0) is 20.5. The number of methoxy groups -OCH3 is 2. The number of amides is 1. The molecule has 7 nitrogen and oxygen atoms in total. The Balaban J connectivity index is 2.43. The Bertz CT molecular complexity index is 822. The first-order valence-corrected chi connectivity index (χ1v) is 8.64. The molecule has 2 N–H and O–H groups in total. The van der Waals surface area contributed by atoms with Gasteiger partial charge in [-0.15, -0.1) is 0 Å². The fourth-order valence-corrected chi connectivity index (χ4v) is 2.62. The molecule has 0 aliphatic carbocycles. The molecule has 0 aromatic heterocycles. The lowest BCUT2D eigenvalue weighted by Crippen LogP contribution is -2.28. The molecule has 0 heterocycles. The lowest BCUT2D eigenvalue weighted by Gasteiger charge is -2.21. The molecule has 148 valence electrons. The molecule has 0 aliphatic rings. The molecule has 2 aromatic rings. The van der Waals surface area contributed by atoms with Crippen LogP contribution < -0.4 is 19.5 Å². The molecule has 2 rings (SSSR count). The third kappa shape index (κ3) is 5.77. The number of carboxylic acid groups (broad SMARTS) is 1. The van der Waals surface area contributed by atoms with Crippen LogP contribution in [0.1, 0.15) is 24.1 Å². The van der Waals surface area contributed by atoms with Gasteiger partial charge in [0.15, 0.2) is 0 Å². The molecule has 0 fully saturated rings. The zero-order valence-corrected chi connectivity index (χ0v) is 16.0. The largest absolute Gasteiger partial charge is 0.497 e. The average molecular weight is 385 g/mol. The van der Waals surface area contributed by atoms with Crippen molar-refractivity contribution in [3.05, 3.63) is 65.7 Å². The SMILES string of the molecule is CCOc1ccc(C(NC(=O)/C=C/C(=O)O)c2cc(OC)cc(OC)c2)cc1. The second kappa shape index (κ2) is 10.0. The van der Waals surface area contributed by atoms with Crippen molar-refractivity contribution in [2.24, 2.45) is 0 Å². The molecule has 7 heteroatoms. The van der Waals surface area contributed by atoms with Crippen molar-refractivity contribution in [2.75, 3.05) is 20.8 Å². The van der Waals surface area contributed by atoms with E-state index >= 15 is 0 Å². The quantitative estimate of drug-likeness (QED) is 0.645. The highest BCUT2D eigenvalue weighted by atomic mass is 16.5. The average Bonchev–Trinajstić information content (AvgIpc) is 2.71. The van der Waals surface area contributed by atoms with Crippen LogP contribution in [0.15, 0.2) is 54.6 Å². The van der Waals surface area contributed by atoms with E-state index < -0.39 is 17.9 Å².